The first-order valence-electron chi connectivity index (χ1n) is 13.0. The molecule has 1 amide bonds. The maximum absolute atomic E-state index is 13.7. The molecule has 4 aromatic carbocycles. The standard InChI is InChI=1S/C32H22BrClN4O5/c1-41-27-16-22(34)14-20(30(27)42-18-29(39)36-23-7-3-2-4-8-23)17-35-38-31(37-25-10-6-5-9-24(25)32(38)40)28-15-19-13-21(33)11-12-26(19)43-28/h2-17H,18H2,1H3,(H,36,39). The molecule has 2 heterocycles. The van der Waals surface area contributed by atoms with Crippen molar-refractivity contribution in [3.05, 3.63) is 116 Å². The van der Waals surface area contributed by atoms with E-state index in [9.17, 15) is 9.59 Å². The summed E-state index contributed by atoms with van der Waals surface area (Å²) in [5.41, 5.74) is 1.72. The van der Waals surface area contributed by atoms with Crippen LogP contribution >= 0.6 is 27.5 Å². The molecule has 0 aliphatic carbocycles. The van der Waals surface area contributed by atoms with E-state index < -0.39 is 5.56 Å². The van der Waals surface area contributed by atoms with Crippen molar-refractivity contribution < 1.29 is 18.7 Å². The largest absolute Gasteiger partial charge is 0.493 e. The van der Waals surface area contributed by atoms with Crippen molar-refractivity contribution in [2.75, 3.05) is 19.0 Å². The van der Waals surface area contributed by atoms with E-state index in [-0.39, 0.29) is 29.8 Å². The maximum Gasteiger partial charge on any atom is 0.282 e. The lowest BCUT2D eigenvalue weighted by Crippen LogP contribution is -2.21. The number of hydrogen-bond acceptors (Lipinski definition) is 7. The molecule has 0 radical (unpaired) electrons. The van der Waals surface area contributed by atoms with Crippen molar-refractivity contribution in [1.29, 1.82) is 0 Å². The SMILES string of the molecule is COc1cc(Cl)cc(C=Nn2c(-c3cc4cc(Br)ccc4o3)nc3ccccc3c2=O)c1OCC(=O)Nc1ccccc1. The summed E-state index contributed by atoms with van der Waals surface area (Å²) < 4.78 is 19.5. The summed E-state index contributed by atoms with van der Waals surface area (Å²) in [6, 6.07) is 26.6. The van der Waals surface area contributed by atoms with E-state index >= 15 is 0 Å². The molecule has 0 aliphatic heterocycles. The number of rotatable bonds is 8. The number of nitrogens with one attached hydrogen (secondary N) is 1. The van der Waals surface area contributed by atoms with Crippen LogP contribution in [0.4, 0.5) is 5.69 Å². The van der Waals surface area contributed by atoms with Crippen LogP contribution in [0.3, 0.4) is 0 Å². The Morgan fingerprint density at radius 3 is 2.67 bits per heavy atom. The summed E-state index contributed by atoms with van der Waals surface area (Å²) in [4.78, 5) is 31.0. The van der Waals surface area contributed by atoms with Gasteiger partial charge in [-0.1, -0.05) is 57.9 Å². The predicted molar refractivity (Wildman–Crippen MR) is 170 cm³/mol. The number of nitrogens with zero attached hydrogens (tertiary/aromatic N) is 3. The number of aromatic nitrogens is 2. The summed E-state index contributed by atoms with van der Waals surface area (Å²) >= 11 is 9.85. The maximum atomic E-state index is 13.7. The number of methoxy groups -OCH3 is 1. The second-order valence-electron chi connectivity index (χ2n) is 9.34. The number of carbonyl (C=O) groups is 1. The molecule has 43 heavy (non-hydrogen) atoms. The molecule has 0 atom stereocenters. The van der Waals surface area contributed by atoms with E-state index in [0.29, 0.717) is 38.5 Å². The van der Waals surface area contributed by atoms with Crippen molar-refractivity contribution in [2.24, 2.45) is 5.10 Å². The zero-order chi connectivity index (χ0) is 29.9. The van der Waals surface area contributed by atoms with Gasteiger partial charge in [0.25, 0.3) is 11.5 Å². The normalized spacial score (nSPS) is 11.3. The Kier molecular flexibility index (Phi) is 7.95. The number of hydrogen-bond donors (Lipinski definition) is 1. The van der Waals surface area contributed by atoms with Gasteiger partial charge in [-0.25, -0.2) is 4.98 Å². The Balaban J connectivity index is 1.41. The Bertz CT molecular complexity index is 2070. The van der Waals surface area contributed by atoms with Gasteiger partial charge in [0.15, 0.2) is 23.9 Å². The highest BCUT2D eigenvalue weighted by molar-refractivity contribution is 9.10. The van der Waals surface area contributed by atoms with Crippen molar-refractivity contribution >= 4 is 67.2 Å². The molecular weight excluding hydrogens is 636 g/mol. The molecule has 0 saturated carbocycles. The highest BCUT2D eigenvalue weighted by atomic mass is 79.9. The fourth-order valence-corrected chi connectivity index (χ4v) is 5.08. The molecule has 0 aliphatic rings. The zero-order valence-electron chi connectivity index (χ0n) is 22.6. The lowest BCUT2D eigenvalue weighted by molar-refractivity contribution is -0.118. The van der Waals surface area contributed by atoms with Gasteiger partial charge in [0.1, 0.15) is 5.58 Å². The Hall–Kier alpha value is -4.93. The van der Waals surface area contributed by atoms with Gasteiger partial charge in [-0.3, -0.25) is 9.59 Å². The number of benzene rings is 4. The van der Waals surface area contributed by atoms with Crippen LogP contribution in [0.25, 0.3) is 33.5 Å². The quantitative estimate of drug-likeness (QED) is 0.175. The molecule has 6 rings (SSSR count). The summed E-state index contributed by atoms with van der Waals surface area (Å²) in [6.45, 7) is -0.314. The second-order valence-corrected chi connectivity index (χ2v) is 10.7. The topological polar surface area (TPSA) is 108 Å². The predicted octanol–water partition coefficient (Wildman–Crippen LogP) is 7.13. The van der Waals surface area contributed by atoms with Gasteiger partial charge >= 0.3 is 0 Å². The molecule has 0 spiro atoms. The van der Waals surface area contributed by atoms with Crippen LogP contribution in [0, 0.1) is 0 Å². The molecule has 0 saturated heterocycles. The Morgan fingerprint density at radius 1 is 1.07 bits per heavy atom. The number of furan rings is 1. The van der Waals surface area contributed by atoms with Crippen LogP contribution in [-0.4, -0.2) is 35.5 Å². The second kappa shape index (κ2) is 12.1. The summed E-state index contributed by atoms with van der Waals surface area (Å²) in [6.07, 6.45) is 1.40. The van der Waals surface area contributed by atoms with E-state index in [1.165, 1.54) is 13.3 Å². The average Bonchev–Trinajstić information content (AvgIpc) is 3.43. The molecule has 214 valence electrons. The number of fused-ring (bicyclic) bond motifs is 2. The van der Waals surface area contributed by atoms with E-state index in [4.69, 9.17) is 30.5 Å². The van der Waals surface area contributed by atoms with Crippen LogP contribution < -0.4 is 20.3 Å². The highest BCUT2D eigenvalue weighted by Gasteiger charge is 2.18. The van der Waals surface area contributed by atoms with Crippen molar-refractivity contribution in [3.63, 3.8) is 0 Å². The smallest absolute Gasteiger partial charge is 0.282 e. The fraction of sp³-hybridized carbons (Fsp3) is 0.0625. The van der Waals surface area contributed by atoms with Gasteiger partial charge in [-0.15, -0.1) is 0 Å². The minimum absolute atomic E-state index is 0.200. The number of amides is 1. The molecule has 0 fully saturated rings. The summed E-state index contributed by atoms with van der Waals surface area (Å²) in [7, 11) is 1.46. The molecule has 0 unspecified atom stereocenters. The van der Waals surface area contributed by atoms with Gasteiger partial charge in [0.2, 0.25) is 5.82 Å². The van der Waals surface area contributed by atoms with E-state index in [1.54, 1.807) is 54.6 Å². The first-order valence-corrected chi connectivity index (χ1v) is 14.2. The van der Waals surface area contributed by atoms with Gasteiger partial charge in [-0.05, 0) is 54.6 Å². The van der Waals surface area contributed by atoms with Gasteiger partial charge < -0.3 is 19.2 Å². The Morgan fingerprint density at radius 2 is 1.86 bits per heavy atom. The third-order valence-corrected chi connectivity index (χ3v) is 7.15. The monoisotopic (exact) mass is 656 g/mol. The first-order chi connectivity index (χ1) is 20.9. The van der Waals surface area contributed by atoms with Crippen LogP contribution in [0.1, 0.15) is 5.56 Å². The average molecular weight is 658 g/mol. The molecule has 2 aromatic heterocycles. The van der Waals surface area contributed by atoms with Gasteiger partial charge in [-0.2, -0.15) is 9.78 Å². The molecule has 0 bridgehead atoms. The zero-order valence-corrected chi connectivity index (χ0v) is 24.9. The van der Waals surface area contributed by atoms with Crippen molar-refractivity contribution in [1.82, 2.24) is 9.66 Å². The van der Waals surface area contributed by atoms with Crippen molar-refractivity contribution in [2.45, 2.75) is 0 Å². The van der Waals surface area contributed by atoms with E-state index in [2.05, 4.69) is 26.3 Å². The molecule has 6 aromatic rings. The number of para-hydroxylation sites is 2. The van der Waals surface area contributed by atoms with Crippen LogP contribution in [0.15, 0.2) is 110 Å². The molecule has 1 N–H and O–H groups in total. The number of carbonyl (C=O) groups excluding carboxylic acids is 1. The highest BCUT2D eigenvalue weighted by Crippen LogP contribution is 2.34. The van der Waals surface area contributed by atoms with E-state index in [1.807, 2.05) is 36.4 Å². The van der Waals surface area contributed by atoms with Crippen LogP contribution in [0.2, 0.25) is 5.02 Å². The van der Waals surface area contributed by atoms with Gasteiger partial charge in [0.05, 0.1) is 24.2 Å². The van der Waals surface area contributed by atoms with Crippen molar-refractivity contribution in [3.8, 4) is 23.1 Å². The van der Waals surface area contributed by atoms with Gasteiger partial charge in [0, 0.05) is 32.2 Å². The lowest BCUT2D eigenvalue weighted by atomic mass is 10.2. The Labute approximate surface area is 258 Å². The third-order valence-electron chi connectivity index (χ3n) is 6.44. The van der Waals surface area contributed by atoms with E-state index in [0.717, 1.165) is 14.5 Å². The minimum Gasteiger partial charge on any atom is -0.493 e. The number of ether oxygens (including phenoxy) is 2. The number of halogens is 2. The summed E-state index contributed by atoms with van der Waals surface area (Å²) in [5.74, 6) is 0.681. The lowest BCUT2D eigenvalue weighted by Gasteiger charge is -2.14. The molecule has 11 heteroatoms. The number of anilines is 1. The molecule has 9 nitrogen and oxygen atoms in total. The molecular formula is C32H22BrClN4O5. The third kappa shape index (κ3) is 6.01. The minimum atomic E-state index is -0.405. The summed E-state index contributed by atoms with van der Waals surface area (Å²) in [5, 5.41) is 8.83. The first kappa shape index (κ1) is 28.2. The van der Waals surface area contributed by atoms with Crippen LogP contribution in [0.5, 0.6) is 11.5 Å². The van der Waals surface area contributed by atoms with Crippen LogP contribution in [-0.2, 0) is 4.79 Å². The fourth-order valence-electron chi connectivity index (χ4n) is 4.48.